The van der Waals surface area contributed by atoms with Gasteiger partial charge in [-0.3, -0.25) is 4.79 Å². The number of aliphatic hydroxyl groups excluding tert-OH is 1. The first-order valence-corrected chi connectivity index (χ1v) is 7.11. The van der Waals surface area contributed by atoms with Crippen LogP contribution in [0.4, 0.5) is 0 Å². The molecule has 0 saturated carbocycles. The predicted molar refractivity (Wildman–Crippen MR) is 93.7 cm³/mol. The summed E-state index contributed by atoms with van der Waals surface area (Å²) in [5.74, 6) is -0.796. The molecule has 0 heterocycles. The molecule has 4 heteroatoms. The zero-order valence-corrected chi connectivity index (χ0v) is 14.5. The van der Waals surface area contributed by atoms with Crippen molar-refractivity contribution >= 4 is 23.0 Å². The van der Waals surface area contributed by atoms with E-state index in [1.165, 1.54) is 0 Å². The van der Waals surface area contributed by atoms with Gasteiger partial charge < -0.3 is 10.2 Å². The number of hydrogen-bond donors (Lipinski definition) is 2. The van der Waals surface area contributed by atoms with Gasteiger partial charge in [0.05, 0.1) is 0 Å². The van der Waals surface area contributed by atoms with Gasteiger partial charge >= 0.3 is 5.97 Å². The number of aliphatic hydroxyl groups is 1. The molecule has 2 aromatic rings. The quantitative estimate of drug-likeness (QED) is 0.845. The van der Waals surface area contributed by atoms with Crippen LogP contribution in [0.15, 0.2) is 48.5 Å². The molecule has 3 nitrogen and oxygen atoms in total. The second-order valence-corrected chi connectivity index (χ2v) is 5.24. The number of aliphatic carboxylic acids is 1. The van der Waals surface area contributed by atoms with E-state index in [2.05, 4.69) is 0 Å². The Morgan fingerprint density at radius 3 is 1.68 bits per heavy atom. The van der Waals surface area contributed by atoms with Crippen molar-refractivity contribution in [3.05, 3.63) is 59.7 Å². The van der Waals surface area contributed by atoms with Gasteiger partial charge in [0, 0.05) is 6.61 Å². The molecule has 0 spiro atoms. The maximum Gasteiger partial charge on any atom is 0.318 e. The molecular weight excluding hydrogens is 344 g/mol. The summed E-state index contributed by atoms with van der Waals surface area (Å²) in [6, 6.07) is 15.5. The first-order chi connectivity index (χ1) is 10.1. The minimum absolute atomic E-state index is 0. The van der Waals surface area contributed by atoms with Gasteiger partial charge in [-0.25, -0.2) is 0 Å². The molecule has 0 radical (unpaired) electrons. The Kier molecular flexibility index (Phi) is 6.33. The third-order valence-electron chi connectivity index (χ3n) is 3.87. The summed E-state index contributed by atoms with van der Waals surface area (Å²) in [7, 11) is 0. The normalized spacial score (nSPS) is 13.0. The van der Waals surface area contributed by atoms with Gasteiger partial charge in [-0.05, 0) is 35.6 Å². The van der Waals surface area contributed by atoms with Crippen molar-refractivity contribution in [2.75, 3.05) is 6.61 Å². The van der Waals surface area contributed by atoms with Crippen LogP contribution in [0.2, 0.25) is 0 Å². The van der Waals surface area contributed by atoms with Crippen molar-refractivity contribution in [1.82, 2.24) is 0 Å². The molecule has 0 aliphatic heterocycles. The largest absolute Gasteiger partial charge is 0.480 e. The summed E-state index contributed by atoms with van der Waals surface area (Å²) in [5.41, 5.74) is 2.91. The van der Waals surface area contributed by atoms with Gasteiger partial charge in [-0.2, -0.15) is 0 Å². The van der Waals surface area contributed by atoms with E-state index in [9.17, 15) is 9.90 Å². The van der Waals surface area contributed by atoms with Gasteiger partial charge in [0.15, 0.2) is 0 Å². The minimum Gasteiger partial charge on any atom is -0.480 e. The van der Waals surface area contributed by atoms with Gasteiger partial charge in [-0.1, -0.05) is 55.5 Å². The number of halogens is 1. The highest BCUT2D eigenvalue weighted by Crippen LogP contribution is 2.48. The van der Waals surface area contributed by atoms with Crippen LogP contribution in [0.5, 0.6) is 0 Å². The van der Waals surface area contributed by atoms with Crippen LogP contribution in [0.3, 0.4) is 0 Å². The van der Waals surface area contributed by atoms with Crippen molar-refractivity contribution in [2.45, 2.75) is 25.7 Å². The Morgan fingerprint density at radius 1 is 1.00 bits per heavy atom. The number of carboxylic acids is 1. The van der Waals surface area contributed by atoms with Crippen LogP contribution < -0.4 is 0 Å². The van der Waals surface area contributed by atoms with Crippen LogP contribution >= 0.6 is 17.0 Å². The van der Waals surface area contributed by atoms with E-state index in [-0.39, 0.29) is 17.0 Å². The van der Waals surface area contributed by atoms with Crippen LogP contribution in [-0.4, -0.2) is 22.8 Å². The zero-order chi connectivity index (χ0) is 15.5. The summed E-state index contributed by atoms with van der Waals surface area (Å²) in [6.07, 6.45) is 0.875. The lowest BCUT2D eigenvalue weighted by molar-refractivity contribution is -0.141. The summed E-state index contributed by atoms with van der Waals surface area (Å²) in [6.45, 7) is 4.03. The standard InChI is InChI=1S/C15H12O2.C3H8O.BrH/c1-15(14(16)17)12-8-4-2-6-10(12)11-7-3-5-9-13(11)15;1-2-3-4;/h2-9H,1H3,(H,16,17);4H,2-3H2,1H3;1H. The molecule has 0 unspecified atom stereocenters. The Hall–Kier alpha value is -1.65. The molecule has 3 rings (SSSR count). The number of carbonyl (C=O) groups is 1. The second kappa shape index (κ2) is 7.56. The molecule has 1 aliphatic rings. The van der Waals surface area contributed by atoms with E-state index in [0.29, 0.717) is 6.61 Å². The molecule has 0 bridgehead atoms. The Labute approximate surface area is 141 Å². The van der Waals surface area contributed by atoms with Gasteiger partial charge in [0.1, 0.15) is 5.41 Å². The monoisotopic (exact) mass is 364 g/mol. The maximum atomic E-state index is 11.6. The number of fused-ring (bicyclic) bond motifs is 3. The van der Waals surface area contributed by atoms with E-state index in [1.54, 1.807) is 6.92 Å². The third kappa shape index (κ3) is 2.94. The highest BCUT2D eigenvalue weighted by Gasteiger charge is 2.45. The first-order valence-electron chi connectivity index (χ1n) is 7.11. The molecule has 0 fully saturated rings. The molecule has 118 valence electrons. The van der Waals surface area contributed by atoms with Gasteiger partial charge in [-0.15, -0.1) is 17.0 Å². The minimum atomic E-state index is -0.923. The number of benzene rings is 2. The fourth-order valence-electron chi connectivity index (χ4n) is 2.68. The average molecular weight is 365 g/mol. The van der Waals surface area contributed by atoms with Crippen molar-refractivity contribution in [3.63, 3.8) is 0 Å². The molecule has 0 amide bonds. The van der Waals surface area contributed by atoms with Crippen molar-refractivity contribution in [1.29, 1.82) is 0 Å². The Bertz CT molecular complexity index is 605. The number of hydrogen-bond acceptors (Lipinski definition) is 2. The Morgan fingerprint density at radius 2 is 1.36 bits per heavy atom. The highest BCUT2D eigenvalue weighted by molar-refractivity contribution is 8.93. The fraction of sp³-hybridized carbons (Fsp3) is 0.278. The SMILES string of the molecule is Br.CC1(C(=O)O)c2ccccc2-c2ccccc21.CCCO. The molecule has 0 aromatic heterocycles. The third-order valence-corrected chi connectivity index (χ3v) is 3.87. The lowest BCUT2D eigenvalue weighted by atomic mass is 9.80. The van der Waals surface area contributed by atoms with Crippen LogP contribution in [-0.2, 0) is 10.2 Å². The van der Waals surface area contributed by atoms with Crippen molar-refractivity contribution in [3.8, 4) is 11.1 Å². The molecular formula is C18H21BrO3. The summed E-state index contributed by atoms with van der Waals surface area (Å²) < 4.78 is 0. The van der Waals surface area contributed by atoms with Crippen molar-refractivity contribution in [2.24, 2.45) is 0 Å². The lowest BCUT2D eigenvalue weighted by Gasteiger charge is -2.21. The molecule has 2 N–H and O–H groups in total. The van der Waals surface area contributed by atoms with E-state index >= 15 is 0 Å². The summed E-state index contributed by atoms with van der Waals surface area (Å²) in [5, 5.41) is 17.4. The zero-order valence-electron chi connectivity index (χ0n) is 12.7. The van der Waals surface area contributed by atoms with Crippen LogP contribution in [0.1, 0.15) is 31.4 Å². The summed E-state index contributed by atoms with van der Waals surface area (Å²) >= 11 is 0. The van der Waals surface area contributed by atoms with E-state index in [0.717, 1.165) is 28.7 Å². The van der Waals surface area contributed by atoms with Gasteiger partial charge in [0.25, 0.3) is 0 Å². The summed E-state index contributed by atoms with van der Waals surface area (Å²) in [4.78, 5) is 11.6. The highest BCUT2D eigenvalue weighted by atomic mass is 79.9. The smallest absolute Gasteiger partial charge is 0.318 e. The first kappa shape index (κ1) is 18.4. The van der Waals surface area contributed by atoms with E-state index < -0.39 is 11.4 Å². The fourth-order valence-corrected chi connectivity index (χ4v) is 2.68. The van der Waals surface area contributed by atoms with Crippen LogP contribution in [0.25, 0.3) is 11.1 Å². The van der Waals surface area contributed by atoms with Crippen LogP contribution in [0, 0.1) is 0 Å². The van der Waals surface area contributed by atoms with Gasteiger partial charge in [0.2, 0.25) is 0 Å². The second-order valence-electron chi connectivity index (χ2n) is 5.24. The van der Waals surface area contributed by atoms with E-state index in [4.69, 9.17) is 5.11 Å². The number of rotatable bonds is 2. The molecule has 0 saturated heterocycles. The molecule has 2 aromatic carbocycles. The number of carboxylic acid groups (broad SMARTS) is 1. The predicted octanol–water partition coefficient (Wildman–Crippen LogP) is 4.02. The van der Waals surface area contributed by atoms with Crippen molar-refractivity contribution < 1.29 is 15.0 Å². The van der Waals surface area contributed by atoms with E-state index in [1.807, 2.05) is 55.5 Å². The maximum absolute atomic E-state index is 11.6. The molecule has 1 aliphatic carbocycles. The average Bonchev–Trinajstić information content (AvgIpc) is 2.79. The molecule has 0 atom stereocenters. The lowest BCUT2D eigenvalue weighted by Crippen LogP contribution is -2.31. The molecule has 22 heavy (non-hydrogen) atoms. The Balaban J connectivity index is 0.000000436. The topological polar surface area (TPSA) is 57.5 Å².